The van der Waals surface area contributed by atoms with Gasteiger partial charge in [0.05, 0.1) is 11.0 Å². The van der Waals surface area contributed by atoms with Gasteiger partial charge in [-0.1, -0.05) is 134 Å². The van der Waals surface area contributed by atoms with Crippen LogP contribution in [-0.4, -0.2) is 6.54 Å². The zero-order valence-electron chi connectivity index (χ0n) is 29.8. The molecule has 7 aromatic rings. The van der Waals surface area contributed by atoms with Gasteiger partial charge >= 0.3 is 0 Å². The molecule has 1 aromatic heterocycles. The molecular weight excluding hydrogens is 641 g/mol. The number of aromatic nitrogens is 1. The largest absolute Gasteiger partial charge is 0.279 e. The van der Waals surface area contributed by atoms with Gasteiger partial charge in [0.1, 0.15) is 12.1 Å². The van der Waals surface area contributed by atoms with Gasteiger partial charge in [0.25, 0.3) is 5.69 Å². The van der Waals surface area contributed by atoms with E-state index in [1.165, 1.54) is 95.0 Å². The van der Waals surface area contributed by atoms with Crippen LogP contribution in [0.3, 0.4) is 0 Å². The Morgan fingerprint density at radius 3 is 1.74 bits per heavy atom. The number of nitrogens with zero attached hydrogens (tertiary/aromatic N) is 2. The average molecular weight is 679 g/mol. The Morgan fingerprint density at radius 1 is 0.566 bits per heavy atom. The number of rotatable bonds is 3. The highest BCUT2D eigenvalue weighted by Crippen LogP contribution is 2.68. The predicted molar refractivity (Wildman–Crippen MR) is 219 cm³/mol. The van der Waals surface area contributed by atoms with Crippen molar-refractivity contribution < 1.29 is 4.68 Å². The van der Waals surface area contributed by atoms with Crippen molar-refractivity contribution in [1.82, 2.24) is 4.59 Å². The molecule has 0 amide bonds. The van der Waals surface area contributed by atoms with E-state index in [1.54, 1.807) is 0 Å². The van der Waals surface area contributed by atoms with Crippen molar-refractivity contribution in [2.45, 2.75) is 18.8 Å². The number of hydrogen-bond donors (Lipinski definition) is 0. The zero-order valence-corrected chi connectivity index (χ0v) is 29.8. The molecule has 1 aliphatic carbocycles. The highest BCUT2D eigenvalue weighted by atomic mass is 15.7. The Hall–Kier alpha value is -6.35. The fourth-order valence-electron chi connectivity index (χ4n) is 10.2. The number of benzene rings is 6. The van der Waals surface area contributed by atoms with Crippen LogP contribution in [0.15, 0.2) is 188 Å². The molecule has 2 heteroatoms. The summed E-state index contributed by atoms with van der Waals surface area (Å²) in [6.45, 7) is 7.78. The first kappa shape index (κ1) is 30.3. The van der Waals surface area contributed by atoms with Crippen LogP contribution >= 0.6 is 0 Å². The van der Waals surface area contributed by atoms with E-state index < -0.39 is 5.41 Å². The van der Waals surface area contributed by atoms with Crippen LogP contribution in [-0.2, 0) is 5.41 Å². The van der Waals surface area contributed by atoms with Gasteiger partial charge in [-0.2, -0.15) is 0 Å². The van der Waals surface area contributed by atoms with Crippen LogP contribution in [0.25, 0.3) is 50.2 Å². The Morgan fingerprint density at radius 2 is 1.11 bits per heavy atom. The minimum Gasteiger partial charge on any atom is -0.0950 e. The third kappa shape index (κ3) is 3.83. The quantitative estimate of drug-likeness (QED) is 0.129. The molecule has 2 nitrogen and oxygen atoms in total. The summed E-state index contributed by atoms with van der Waals surface area (Å²) in [5.74, 6) is 0. The van der Waals surface area contributed by atoms with Gasteiger partial charge in [0.15, 0.2) is 0 Å². The molecule has 0 bridgehead atoms. The van der Waals surface area contributed by atoms with Gasteiger partial charge in [-0.05, 0) is 102 Å². The predicted octanol–water partition coefficient (Wildman–Crippen LogP) is 12.0. The van der Waals surface area contributed by atoms with Crippen molar-refractivity contribution in [1.29, 1.82) is 0 Å². The molecule has 0 saturated carbocycles. The van der Waals surface area contributed by atoms with E-state index in [0.717, 1.165) is 13.0 Å². The Labute approximate surface area is 311 Å². The SMILES string of the molecule is C=C1CC[N+]23c4c(cc(-c5ccccc5)cc4C4(c5ccccc5-c5ccccc54)c4cc(-c5ccccc5)cc(c42)-c2cccc[n+]23)/C1=C/C=C\C. The van der Waals surface area contributed by atoms with Crippen LogP contribution in [0.2, 0.25) is 0 Å². The summed E-state index contributed by atoms with van der Waals surface area (Å²) in [5.41, 5.74) is 21.3. The van der Waals surface area contributed by atoms with Gasteiger partial charge in [0, 0.05) is 29.7 Å². The minimum absolute atomic E-state index is 0.571. The van der Waals surface area contributed by atoms with Gasteiger partial charge in [-0.3, -0.25) is 0 Å². The fraction of sp³-hybridized carbons (Fsp3) is 0.0784. The standard InChI is InChI=1S/C51H38N2/c1-3-4-21-39-34(2)27-29-53-49-42(39)30-37(35-17-7-5-8-18-35)32-46(49)51(44-24-13-11-22-40(44)41-23-12-14-25-45(41)51)47-33-38(36-19-9-6-10-20-36)31-43(50(47)53)48-26-15-16-28-52(48)53/h3-26,28,30-33H,2,27,29H2,1H3/q+2/b4-3-,39-21+. The number of allylic oxidation sites excluding steroid dienone is 4. The van der Waals surface area contributed by atoms with Crippen molar-refractivity contribution in [3.63, 3.8) is 0 Å². The second kappa shape index (κ2) is 11.1. The topological polar surface area (TPSA) is 3.88 Å². The molecule has 0 fully saturated rings. The highest BCUT2D eigenvalue weighted by Gasteiger charge is 2.67. The monoisotopic (exact) mass is 678 g/mol. The first-order chi connectivity index (χ1) is 26.2. The molecule has 3 aliphatic heterocycles. The highest BCUT2D eigenvalue weighted by molar-refractivity contribution is 6.02. The molecule has 4 aliphatic rings. The van der Waals surface area contributed by atoms with E-state index in [9.17, 15) is 0 Å². The van der Waals surface area contributed by atoms with Crippen LogP contribution in [0.5, 0.6) is 0 Å². The van der Waals surface area contributed by atoms with Crippen LogP contribution in [0.1, 0.15) is 41.2 Å². The van der Waals surface area contributed by atoms with E-state index in [4.69, 9.17) is 6.58 Å². The lowest BCUT2D eigenvalue weighted by atomic mass is 9.62. The molecule has 4 heterocycles. The molecule has 0 N–H and O–H groups in total. The van der Waals surface area contributed by atoms with Crippen molar-refractivity contribution >= 4 is 16.9 Å². The first-order valence-electron chi connectivity index (χ1n) is 18.8. The molecule has 53 heavy (non-hydrogen) atoms. The molecule has 0 radical (unpaired) electrons. The lowest BCUT2D eigenvalue weighted by Crippen LogP contribution is -2.69. The van der Waals surface area contributed by atoms with Crippen molar-refractivity contribution in [3.8, 4) is 44.6 Å². The lowest BCUT2D eigenvalue weighted by Gasteiger charge is -2.43. The average Bonchev–Trinajstić information content (AvgIpc) is 3.63. The van der Waals surface area contributed by atoms with Crippen molar-refractivity contribution in [2.24, 2.45) is 0 Å². The Bertz CT molecular complexity index is 2710. The summed E-state index contributed by atoms with van der Waals surface area (Å²) in [7, 11) is 0. The summed E-state index contributed by atoms with van der Waals surface area (Å²) < 4.78 is 3.17. The maximum absolute atomic E-state index is 4.82. The maximum Gasteiger partial charge on any atom is 0.279 e. The Balaban J connectivity index is 1.42. The third-order valence-corrected chi connectivity index (χ3v) is 12.3. The smallest absolute Gasteiger partial charge is 0.0950 e. The van der Waals surface area contributed by atoms with E-state index in [2.05, 4.69) is 188 Å². The second-order valence-electron chi connectivity index (χ2n) is 14.8. The van der Waals surface area contributed by atoms with Crippen LogP contribution in [0, 0.1) is 0 Å². The number of fused-ring (bicyclic) bond motifs is 9. The number of hydrogen-bond acceptors (Lipinski definition) is 0. The number of quaternary nitrogens is 1. The van der Waals surface area contributed by atoms with E-state index >= 15 is 0 Å². The minimum atomic E-state index is -0.571. The third-order valence-electron chi connectivity index (χ3n) is 12.3. The molecule has 11 rings (SSSR count). The van der Waals surface area contributed by atoms with Gasteiger partial charge in [-0.25, -0.2) is 0 Å². The summed E-state index contributed by atoms with van der Waals surface area (Å²) in [5, 5.41) is 0. The summed E-state index contributed by atoms with van der Waals surface area (Å²) in [4.78, 5) is 0. The lowest BCUT2D eigenvalue weighted by molar-refractivity contribution is -0.780. The summed E-state index contributed by atoms with van der Waals surface area (Å²) in [6, 6.07) is 57.0. The summed E-state index contributed by atoms with van der Waals surface area (Å²) >= 11 is 0. The van der Waals surface area contributed by atoms with E-state index in [0.29, 0.717) is 4.59 Å². The molecule has 6 aromatic carbocycles. The van der Waals surface area contributed by atoms with Crippen LogP contribution in [0.4, 0.5) is 11.4 Å². The van der Waals surface area contributed by atoms with E-state index in [1.807, 2.05) is 0 Å². The Kier molecular flexibility index (Phi) is 6.33. The fourth-order valence-corrected chi connectivity index (χ4v) is 10.2. The van der Waals surface area contributed by atoms with Crippen molar-refractivity contribution in [2.75, 3.05) is 6.54 Å². The molecule has 1 unspecified atom stereocenters. The van der Waals surface area contributed by atoms with Crippen molar-refractivity contribution in [3.05, 3.63) is 216 Å². The first-order valence-corrected chi connectivity index (χ1v) is 18.8. The van der Waals surface area contributed by atoms with Gasteiger partial charge in [-0.15, -0.1) is 0 Å². The van der Waals surface area contributed by atoms with Crippen LogP contribution < -0.4 is 9.27 Å². The second-order valence-corrected chi connectivity index (χ2v) is 14.8. The summed E-state index contributed by atoms with van der Waals surface area (Å²) in [6.07, 6.45) is 9.80. The number of pyridine rings is 1. The normalized spacial score (nSPS) is 18.7. The molecule has 0 saturated heterocycles. The molecule has 250 valence electrons. The molecular formula is C51H38N2+2. The van der Waals surface area contributed by atoms with Gasteiger partial charge < -0.3 is 0 Å². The molecule has 2 spiro atoms. The maximum atomic E-state index is 4.82. The zero-order chi connectivity index (χ0) is 35.3. The van der Waals surface area contributed by atoms with Gasteiger partial charge in [0.2, 0.25) is 17.6 Å². The van der Waals surface area contributed by atoms with E-state index in [-0.39, 0.29) is 0 Å². The molecule has 1 atom stereocenters.